The van der Waals surface area contributed by atoms with Gasteiger partial charge in [-0.05, 0) is 17.9 Å². The van der Waals surface area contributed by atoms with Crippen molar-refractivity contribution < 1.29 is 14.7 Å². The van der Waals surface area contributed by atoms with Gasteiger partial charge in [0.15, 0.2) is 6.10 Å². The van der Waals surface area contributed by atoms with Gasteiger partial charge in [-0.15, -0.1) is 0 Å². The van der Waals surface area contributed by atoms with Crippen LogP contribution in [0.3, 0.4) is 0 Å². The maximum atomic E-state index is 11.9. The molecule has 21 heavy (non-hydrogen) atoms. The van der Waals surface area contributed by atoms with Gasteiger partial charge in [-0.2, -0.15) is 0 Å². The highest BCUT2D eigenvalue weighted by atomic mass is 16.3. The molecule has 1 aromatic carbocycles. The largest absolute Gasteiger partial charge is 0.378 e. The van der Waals surface area contributed by atoms with Crippen molar-refractivity contribution in [1.82, 2.24) is 10.2 Å². The lowest BCUT2D eigenvalue weighted by Gasteiger charge is -2.21. The zero-order chi connectivity index (χ0) is 15.2. The van der Waals surface area contributed by atoms with E-state index in [1.54, 1.807) is 24.3 Å². The van der Waals surface area contributed by atoms with E-state index in [1.807, 2.05) is 17.9 Å². The number of amides is 2. The molecule has 0 bridgehead atoms. The van der Waals surface area contributed by atoms with E-state index in [-0.39, 0.29) is 11.8 Å². The van der Waals surface area contributed by atoms with Gasteiger partial charge in [0.2, 0.25) is 5.91 Å². The van der Waals surface area contributed by atoms with Crippen LogP contribution in [-0.4, -0.2) is 41.5 Å². The Kier molecular flexibility index (Phi) is 5.33. The molecule has 2 atom stereocenters. The first-order valence-electron chi connectivity index (χ1n) is 7.36. The third kappa shape index (κ3) is 4.29. The zero-order valence-electron chi connectivity index (χ0n) is 12.3. The second kappa shape index (κ2) is 7.22. The molecule has 5 nitrogen and oxygen atoms in total. The summed E-state index contributed by atoms with van der Waals surface area (Å²) in [4.78, 5) is 25.3. The summed E-state index contributed by atoms with van der Waals surface area (Å²) in [6.45, 7) is 3.90. The van der Waals surface area contributed by atoms with Crippen molar-refractivity contribution in [3.05, 3.63) is 35.9 Å². The molecular weight excluding hydrogens is 268 g/mol. The van der Waals surface area contributed by atoms with Crippen LogP contribution >= 0.6 is 0 Å². The van der Waals surface area contributed by atoms with Gasteiger partial charge in [-0.1, -0.05) is 37.3 Å². The fraction of sp³-hybridized carbons (Fsp3) is 0.500. The Bertz CT molecular complexity index is 490. The molecule has 5 heteroatoms. The molecule has 0 unspecified atom stereocenters. The van der Waals surface area contributed by atoms with Crippen molar-refractivity contribution in [3.63, 3.8) is 0 Å². The summed E-state index contributed by atoms with van der Waals surface area (Å²) in [5.41, 5.74) is 0.581. The van der Waals surface area contributed by atoms with E-state index in [1.165, 1.54) is 0 Å². The quantitative estimate of drug-likeness (QED) is 0.824. The predicted octanol–water partition coefficient (Wildman–Crippen LogP) is 1.09. The lowest BCUT2D eigenvalue weighted by atomic mass is 10.1. The molecule has 0 aromatic heterocycles. The van der Waals surface area contributed by atoms with Gasteiger partial charge in [0.05, 0.1) is 0 Å². The Morgan fingerprint density at radius 2 is 2.10 bits per heavy atom. The topological polar surface area (TPSA) is 69.6 Å². The van der Waals surface area contributed by atoms with Crippen LogP contribution in [-0.2, 0) is 9.59 Å². The number of aliphatic hydroxyl groups is 1. The van der Waals surface area contributed by atoms with Gasteiger partial charge in [-0.3, -0.25) is 9.59 Å². The molecule has 1 fully saturated rings. The molecule has 0 spiro atoms. The van der Waals surface area contributed by atoms with Crippen molar-refractivity contribution >= 4 is 11.8 Å². The molecule has 114 valence electrons. The Balaban J connectivity index is 1.77. The molecule has 2 rings (SSSR count). The number of aliphatic hydroxyl groups excluding tert-OH is 1. The minimum Gasteiger partial charge on any atom is -0.378 e. The van der Waals surface area contributed by atoms with Gasteiger partial charge in [0, 0.05) is 26.1 Å². The number of hydrogen-bond donors (Lipinski definition) is 2. The minimum atomic E-state index is -1.15. The van der Waals surface area contributed by atoms with E-state index in [0.29, 0.717) is 25.1 Å². The van der Waals surface area contributed by atoms with Crippen LogP contribution in [0, 0.1) is 5.92 Å². The number of carbonyl (C=O) groups excluding carboxylic acids is 2. The number of nitrogens with one attached hydrogen (secondary N) is 1. The average Bonchev–Trinajstić information content (AvgIpc) is 2.90. The van der Waals surface area contributed by atoms with Gasteiger partial charge in [-0.25, -0.2) is 0 Å². The Hall–Kier alpha value is -1.88. The standard InChI is InChI=1S/C16H22N2O3/c1-12(11-18-9-5-8-14(18)19)10-17-16(21)15(20)13-6-3-2-4-7-13/h2-4,6-7,12,15,20H,5,8-11H2,1H3,(H,17,21)/t12-,15-/m1/s1. The van der Waals surface area contributed by atoms with E-state index in [2.05, 4.69) is 5.32 Å². The molecule has 0 aliphatic carbocycles. The SMILES string of the molecule is C[C@H](CNC(=O)[C@H](O)c1ccccc1)CN1CCCC1=O. The Labute approximate surface area is 125 Å². The summed E-state index contributed by atoms with van der Waals surface area (Å²) in [5.74, 6) is -0.0442. The van der Waals surface area contributed by atoms with Crippen LogP contribution in [0.5, 0.6) is 0 Å². The van der Waals surface area contributed by atoms with E-state index in [9.17, 15) is 14.7 Å². The van der Waals surface area contributed by atoms with E-state index in [4.69, 9.17) is 0 Å². The third-order valence-corrected chi connectivity index (χ3v) is 3.69. The molecule has 2 N–H and O–H groups in total. The molecule has 1 aromatic rings. The molecule has 1 aliphatic heterocycles. The van der Waals surface area contributed by atoms with Crippen LogP contribution < -0.4 is 5.32 Å². The van der Waals surface area contributed by atoms with Gasteiger partial charge in [0.1, 0.15) is 0 Å². The van der Waals surface area contributed by atoms with Crippen molar-refractivity contribution in [2.24, 2.45) is 5.92 Å². The van der Waals surface area contributed by atoms with Gasteiger partial charge >= 0.3 is 0 Å². The lowest BCUT2D eigenvalue weighted by molar-refractivity contribution is -0.129. The molecule has 1 heterocycles. The summed E-state index contributed by atoms with van der Waals surface area (Å²) in [6, 6.07) is 8.84. The van der Waals surface area contributed by atoms with Crippen molar-refractivity contribution in [2.75, 3.05) is 19.6 Å². The number of rotatable bonds is 6. The third-order valence-electron chi connectivity index (χ3n) is 3.69. The van der Waals surface area contributed by atoms with Gasteiger partial charge in [0.25, 0.3) is 5.91 Å². The Morgan fingerprint density at radius 1 is 1.38 bits per heavy atom. The van der Waals surface area contributed by atoms with Crippen LogP contribution in [0.15, 0.2) is 30.3 Å². The summed E-state index contributed by atoms with van der Waals surface area (Å²) >= 11 is 0. The molecule has 1 saturated heterocycles. The van der Waals surface area contributed by atoms with Crippen molar-refractivity contribution in [1.29, 1.82) is 0 Å². The summed E-state index contributed by atoms with van der Waals surface area (Å²) in [6.07, 6.45) is 0.406. The van der Waals surface area contributed by atoms with E-state index >= 15 is 0 Å². The maximum absolute atomic E-state index is 11.9. The zero-order valence-corrected chi connectivity index (χ0v) is 12.3. The lowest BCUT2D eigenvalue weighted by Crippen LogP contribution is -2.37. The fourth-order valence-corrected chi connectivity index (χ4v) is 2.50. The molecule has 2 amide bonds. The van der Waals surface area contributed by atoms with Crippen LogP contribution in [0.4, 0.5) is 0 Å². The molecule has 1 aliphatic rings. The first kappa shape index (κ1) is 15.5. The van der Waals surface area contributed by atoms with Crippen molar-refractivity contribution in [3.8, 4) is 0 Å². The summed E-state index contributed by atoms with van der Waals surface area (Å²) < 4.78 is 0. The second-order valence-electron chi connectivity index (χ2n) is 5.61. The molecule has 0 saturated carbocycles. The number of carbonyl (C=O) groups is 2. The summed E-state index contributed by atoms with van der Waals surface area (Å²) in [7, 11) is 0. The molecule has 0 radical (unpaired) electrons. The first-order valence-corrected chi connectivity index (χ1v) is 7.36. The molecular formula is C16H22N2O3. The first-order chi connectivity index (χ1) is 10.1. The monoisotopic (exact) mass is 290 g/mol. The predicted molar refractivity (Wildman–Crippen MR) is 79.4 cm³/mol. The summed E-state index contributed by atoms with van der Waals surface area (Å²) in [5, 5.41) is 12.7. The van der Waals surface area contributed by atoms with Crippen LogP contribution in [0.1, 0.15) is 31.4 Å². The Morgan fingerprint density at radius 3 is 2.71 bits per heavy atom. The maximum Gasteiger partial charge on any atom is 0.253 e. The second-order valence-corrected chi connectivity index (χ2v) is 5.61. The highest BCUT2D eigenvalue weighted by Gasteiger charge is 2.22. The van der Waals surface area contributed by atoms with E-state index in [0.717, 1.165) is 13.0 Å². The van der Waals surface area contributed by atoms with Crippen LogP contribution in [0.2, 0.25) is 0 Å². The highest BCUT2D eigenvalue weighted by molar-refractivity contribution is 5.81. The minimum absolute atomic E-state index is 0.166. The number of benzene rings is 1. The normalized spacial score (nSPS) is 17.6. The van der Waals surface area contributed by atoms with Crippen LogP contribution in [0.25, 0.3) is 0 Å². The van der Waals surface area contributed by atoms with Gasteiger partial charge < -0.3 is 15.3 Å². The van der Waals surface area contributed by atoms with Crippen molar-refractivity contribution in [2.45, 2.75) is 25.9 Å². The smallest absolute Gasteiger partial charge is 0.253 e. The van der Waals surface area contributed by atoms with E-state index < -0.39 is 12.0 Å². The fourth-order valence-electron chi connectivity index (χ4n) is 2.50. The number of likely N-dealkylation sites (tertiary alicyclic amines) is 1. The highest BCUT2D eigenvalue weighted by Crippen LogP contribution is 2.13. The number of hydrogen-bond acceptors (Lipinski definition) is 3. The number of nitrogens with zero attached hydrogens (tertiary/aromatic N) is 1. The average molecular weight is 290 g/mol.